The van der Waals surface area contributed by atoms with Gasteiger partial charge in [0.15, 0.2) is 0 Å². The van der Waals surface area contributed by atoms with Crippen LogP contribution in [0.3, 0.4) is 0 Å². The number of carbonyl (C=O) groups excluding carboxylic acids is 1. The smallest absolute Gasteiger partial charge is 0.328 e. The van der Waals surface area contributed by atoms with E-state index in [2.05, 4.69) is 12.2 Å². The molecule has 1 aromatic rings. The molecule has 0 saturated carbocycles. The Kier molecular flexibility index (Phi) is 8.16. The van der Waals surface area contributed by atoms with Crippen molar-refractivity contribution in [2.75, 3.05) is 11.4 Å². The van der Waals surface area contributed by atoms with Crippen molar-refractivity contribution < 1.29 is 4.79 Å². The number of para-hydroxylation sites is 1. The Bertz CT molecular complexity index is 508. The van der Waals surface area contributed by atoms with Gasteiger partial charge in [0.05, 0.1) is 5.69 Å². The maximum Gasteiger partial charge on any atom is 0.328 e. The van der Waals surface area contributed by atoms with E-state index in [0.29, 0.717) is 12.2 Å². The van der Waals surface area contributed by atoms with Crippen molar-refractivity contribution in [3.63, 3.8) is 0 Å². The van der Waals surface area contributed by atoms with E-state index in [9.17, 15) is 4.79 Å². The summed E-state index contributed by atoms with van der Waals surface area (Å²) >= 11 is 0. The molecule has 0 atom stereocenters. The van der Waals surface area contributed by atoms with E-state index in [1.165, 1.54) is 30.6 Å². The largest absolute Gasteiger partial charge is 0.369 e. The van der Waals surface area contributed by atoms with E-state index in [4.69, 9.17) is 11.1 Å². The summed E-state index contributed by atoms with van der Waals surface area (Å²) in [4.78, 5) is 13.7. The summed E-state index contributed by atoms with van der Waals surface area (Å²) in [5.74, 6) is -0.261. The number of anilines is 1. The van der Waals surface area contributed by atoms with Crippen LogP contribution in [-0.4, -0.2) is 18.5 Å². The molecular weight excluding hydrogens is 288 g/mol. The van der Waals surface area contributed by atoms with Crippen LogP contribution in [0.1, 0.15) is 56.6 Å². The SMILES string of the molecule is CCCCCCCCNC(=O)N(C(=N)N)c1c(C)cccc1C. The molecule has 1 rings (SSSR count). The number of guanidine groups is 1. The number of unbranched alkanes of at least 4 members (excludes halogenated alkanes) is 5. The van der Waals surface area contributed by atoms with E-state index >= 15 is 0 Å². The van der Waals surface area contributed by atoms with Crippen LogP contribution < -0.4 is 16.0 Å². The van der Waals surface area contributed by atoms with Crippen LogP contribution in [0.4, 0.5) is 10.5 Å². The summed E-state index contributed by atoms with van der Waals surface area (Å²) in [6.07, 6.45) is 7.04. The minimum absolute atomic E-state index is 0.261. The predicted molar refractivity (Wildman–Crippen MR) is 97.1 cm³/mol. The third kappa shape index (κ3) is 5.93. The zero-order chi connectivity index (χ0) is 17.2. The van der Waals surface area contributed by atoms with Crippen LogP contribution >= 0.6 is 0 Å². The molecule has 0 spiro atoms. The summed E-state index contributed by atoms with van der Waals surface area (Å²) in [5.41, 5.74) is 8.19. The molecule has 0 radical (unpaired) electrons. The lowest BCUT2D eigenvalue weighted by Crippen LogP contribution is -2.48. The van der Waals surface area contributed by atoms with Crippen molar-refractivity contribution in [2.24, 2.45) is 5.73 Å². The number of nitrogens with zero attached hydrogens (tertiary/aromatic N) is 1. The minimum atomic E-state index is -0.330. The van der Waals surface area contributed by atoms with Gasteiger partial charge >= 0.3 is 6.03 Å². The van der Waals surface area contributed by atoms with Crippen LogP contribution in [0, 0.1) is 19.3 Å². The van der Waals surface area contributed by atoms with Gasteiger partial charge in [0, 0.05) is 6.54 Å². The van der Waals surface area contributed by atoms with E-state index < -0.39 is 0 Å². The number of hydrogen-bond acceptors (Lipinski definition) is 2. The first-order chi connectivity index (χ1) is 11.0. The Labute approximate surface area is 139 Å². The molecule has 0 aliphatic carbocycles. The monoisotopic (exact) mass is 318 g/mol. The van der Waals surface area contributed by atoms with Crippen molar-refractivity contribution in [3.8, 4) is 0 Å². The summed E-state index contributed by atoms with van der Waals surface area (Å²) < 4.78 is 0. The van der Waals surface area contributed by atoms with Gasteiger partial charge in [0.2, 0.25) is 5.96 Å². The fourth-order valence-corrected chi connectivity index (χ4v) is 2.67. The molecule has 0 aliphatic rings. The number of hydrogen-bond donors (Lipinski definition) is 3. The Hall–Kier alpha value is -2.04. The molecule has 1 aromatic carbocycles. The lowest BCUT2D eigenvalue weighted by atomic mass is 10.1. The number of benzene rings is 1. The van der Waals surface area contributed by atoms with Crippen LogP contribution in [-0.2, 0) is 0 Å². The number of urea groups is 1. The molecule has 5 heteroatoms. The van der Waals surface area contributed by atoms with Crippen LogP contribution in [0.15, 0.2) is 18.2 Å². The van der Waals surface area contributed by atoms with E-state index in [-0.39, 0.29) is 12.0 Å². The summed E-state index contributed by atoms with van der Waals surface area (Å²) in [5, 5.41) is 10.6. The zero-order valence-corrected chi connectivity index (χ0v) is 14.6. The van der Waals surface area contributed by atoms with Crippen molar-refractivity contribution >= 4 is 17.7 Å². The average molecular weight is 318 g/mol. The number of carbonyl (C=O) groups is 1. The molecule has 23 heavy (non-hydrogen) atoms. The van der Waals surface area contributed by atoms with Crippen molar-refractivity contribution in [3.05, 3.63) is 29.3 Å². The van der Waals surface area contributed by atoms with E-state index in [0.717, 1.165) is 24.0 Å². The molecule has 0 aromatic heterocycles. The quantitative estimate of drug-likeness (QED) is 0.383. The van der Waals surface area contributed by atoms with Gasteiger partial charge in [0.1, 0.15) is 0 Å². The molecule has 0 fully saturated rings. The second kappa shape index (κ2) is 9.87. The maximum absolute atomic E-state index is 12.4. The number of rotatable bonds is 8. The highest BCUT2D eigenvalue weighted by atomic mass is 16.2. The molecular formula is C18H30N4O. The summed E-state index contributed by atoms with van der Waals surface area (Å²) in [6, 6.07) is 5.43. The standard InChI is InChI=1S/C18H30N4O/c1-4-5-6-7-8-9-13-21-18(23)22(17(19)20)16-14(2)11-10-12-15(16)3/h10-12H,4-9,13H2,1-3H3,(H3,19,20)(H,21,23). The van der Waals surface area contributed by atoms with Gasteiger partial charge < -0.3 is 11.1 Å². The van der Waals surface area contributed by atoms with Crippen molar-refractivity contribution in [1.29, 1.82) is 5.41 Å². The van der Waals surface area contributed by atoms with Gasteiger partial charge in [-0.3, -0.25) is 5.41 Å². The fraction of sp³-hybridized carbons (Fsp3) is 0.556. The topological polar surface area (TPSA) is 82.2 Å². The molecule has 128 valence electrons. The number of aryl methyl sites for hydroxylation is 2. The fourth-order valence-electron chi connectivity index (χ4n) is 2.67. The van der Waals surface area contributed by atoms with E-state index in [1.54, 1.807) is 0 Å². The van der Waals surface area contributed by atoms with E-state index in [1.807, 2.05) is 32.0 Å². The lowest BCUT2D eigenvalue weighted by molar-refractivity contribution is 0.248. The van der Waals surface area contributed by atoms with Gasteiger partial charge in [-0.25, -0.2) is 9.69 Å². The first-order valence-electron chi connectivity index (χ1n) is 8.47. The highest BCUT2D eigenvalue weighted by molar-refractivity contribution is 6.14. The van der Waals surface area contributed by atoms with Gasteiger partial charge in [-0.1, -0.05) is 57.2 Å². The highest BCUT2D eigenvalue weighted by Crippen LogP contribution is 2.24. The average Bonchev–Trinajstić information content (AvgIpc) is 2.49. The van der Waals surface area contributed by atoms with Gasteiger partial charge in [-0.15, -0.1) is 0 Å². The first kappa shape index (κ1) is 19.0. The zero-order valence-electron chi connectivity index (χ0n) is 14.6. The Morgan fingerprint density at radius 2 is 1.70 bits per heavy atom. The second-order valence-corrected chi connectivity index (χ2v) is 5.96. The number of nitrogens with one attached hydrogen (secondary N) is 2. The highest BCUT2D eigenvalue weighted by Gasteiger charge is 2.21. The van der Waals surface area contributed by atoms with Crippen LogP contribution in [0.2, 0.25) is 0 Å². The molecule has 2 amide bonds. The lowest BCUT2D eigenvalue weighted by Gasteiger charge is -2.24. The van der Waals surface area contributed by atoms with Crippen molar-refractivity contribution in [1.82, 2.24) is 5.32 Å². The summed E-state index contributed by atoms with van der Waals surface area (Å²) in [7, 11) is 0. The molecule has 5 nitrogen and oxygen atoms in total. The number of amides is 2. The Morgan fingerprint density at radius 3 is 2.26 bits per heavy atom. The van der Waals surface area contributed by atoms with Gasteiger partial charge in [0.25, 0.3) is 0 Å². The second-order valence-electron chi connectivity index (χ2n) is 5.96. The summed E-state index contributed by atoms with van der Waals surface area (Å²) in [6.45, 7) is 6.64. The van der Waals surface area contributed by atoms with Crippen LogP contribution in [0.5, 0.6) is 0 Å². The Morgan fingerprint density at radius 1 is 1.13 bits per heavy atom. The maximum atomic E-state index is 12.4. The molecule has 0 heterocycles. The molecule has 0 bridgehead atoms. The predicted octanol–water partition coefficient (Wildman–Crippen LogP) is 4.07. The molecule has 4 N–H and O–H groups in total. The minimum Gasteiger partial charge on any atom is -0.369 e. The third-order valence-electron chi connectivity index (χ3n) is 3.91. The first-order valence-corrected chi connectivity index (χ1v) is 8.47. The normalized spacial score (nSPS) is 10.4. The van der Waals surface area contributed by atoms with Gasteiger partial charge in [-0.2, -0.15) is 0 Å². The molecule has 0 saturated heterocycles. The van der Waals surface area contributed by atoms with Crippen molar-refractivity contribution in [2.45, 2.75) is 59.3 Å². The third-order valence-corrected chi connectivity index (χ3v) is 3.91. The Balaban J connectivity index is 2.58. The van der Waals surface area contributed by atoms with Crippen LogP contribution in [0.25, 0.3) is 0 Å². The molecule has 0 aliphatic heterocycles. The number of nitrogens with two attached hydrogens (primary N) is 1. The van der Waals surface area contributed by atoms with Gasteiger partial charge in [-0.05, 0) is 31.4 Å². The molecule has 0 unspecified atom stereocenters.